The van der Waals surface area contributed by atoms with Crippen LogP contribution in [0.4, 0.5) is 5.69 Å². The van der Waals surface area contributed by atoms with Crippen molar-refractivity contribution >= 4 is 44.9 Å². The van der Waals surface area contributed by atoms with Crippen LogP contribution in [-0.4, -0.2) is 17.6 Å². The molecule has 0 fully saturated rings. The second-order valence-electron chi connectivity index (χ2n) is 4.38. The van der Waals surface area contributed by atoms with Gasteiger partial charge in [0.15, 0.2) is 15.5 Å². The number of amides is 1. The summed E-state index contributed by atoms with van der Waals surface area (Å²) in [6.07, 6.45) is 0.957. The fraction of sp³-hybridized carbons (Fsp3) is 0.200. The van der Waals surface area contributed by atoms with Crippen LogP contribution in [0.5, 0.6) is 5.75 Å². The zero-order valence-electron chi connectivity index (χ0n) is 11.9. The molecular formula is C15H15BrN2O3S. The molecule has 0 unspecified atom stereocenters. The molecule has 1 heterocycles. The summed E-state index contributed by atoms with van der Waals surface area (Å²) in [6.45, 7) is 2.73. The number of carbonyl (C=O) groups is 1. The molecule has 116 valence electrons. The van der Waals surface area contributed by atoms with Crippen molar-refractivity contribution < 1.29 is 13.9 Å². The summed E-state index contributed by atoms with van der Waals surface area (Å²) in [6, 6.07) is 10.5. The van der Waals surface area contributed by atoms with Gasteiger partial charge in [-0.3, -0.25) is 10.1 Å². The van der Waals surface area contributed by atoms with Crippen molar-refractivity contribution in [3.8, 4) is 5.75 Å². The molecular weight excluding hydrogens is 368 g/mol. The average Bonchev–Trinajstić information content (AvgIpc) is 2.93. The Labute approximate surface area is 142 Å². The smallest absolute Gasteiger partial charge is 0.293 e. The maximum atomic E-state index is 11.9. The highest BCUT2D eigenvalue weighted by Crippen LogP contribution is 2.16. The van der Waals surface area contributed by atoms with Gasteiger partial charge in [-0.1, -0.05) is 6.92 Å². The van der Waals surface area contributed by atoms with E-state index in [1.807, 2.05) is 24.3 Å². The standard InChI is InChI=1S/C15H15BrN2O3S/c1-2-9-20-11-5-3-10(4-6-11)17-15(22)18-14(19)12-7-8-13(16)21-12/h3-8H,2,9H2,1H3,(H2,17,18,19,22). The van der Waals surface area contributed by atoms with Crippen LogP contribution < -0.4 is 15.4 Å². The highest BCUT2D eigenvalue weighted by Gasteiger charge is 2.12. The van der Waals surface area contributed by atoms with Crippen molar-refractivity contribution in [2.24, 2.45) is 0 Å². The van der Waals surface area contributed by atoms with Crippen molar-refractivity contribution in [1.82, 2.24) is 5.32 Å². The van der Waals surface area contributed by atoms with Crippen LogP contribution in [0, 0.1) is 0 Å². The number of thiocarbonyl (C=S) groups is 1. The SMILES string of the molecule is CCCOc1ccc(NC(=S)NC(=O)c2ccc(Br)o2)cc1. The fourth-order valence-electron chi connectivity index (χ4n) is 1.62. The summed E-state index contributed by atoms with van der Waals surface area (Å²) < 4.78 is 11.1. The molecule has 0 bridgehead atoms. The van der Waals surface area contributed by atoms with E-state index in [1.165, 1.54) is 0 Å². The van der Waals surface area contributed by atoms with Crippen molar-refractivity contribution in [2.75, 3.05) is 11.9 Å². The van der Waals surface area contributed by atoms with Crippen LogP contribution in [0.1, 0.15) is 23.9 Å². The van der Waals surface area contributed by atoms with Gasteiger partial charge in [-0.25, -0.2) is 0 Å². The maximum Gasteiger partial charge on any atom is 0.293 e. The van der Waals surface area contributed by atoms with Gasteiger partial charge in [-0.05, 0) is 71.0 Å². The van der Waals surface area contributed by atoms with E-state index in [9.17, 15) is 4.79 Å². The third-order valence-corrected chi connectivity index (χ3v) is 3.24. The summed E-state index contributed by atoms with van der Waals surface area (Å²) >= 11 is 8.23. The van der Waals surface area contributed by atoms with Gasteiger partial charge in [0, 0.05) is 5.69 Å². The fourth-order valence-corrected chi connectivity index (χ4v) is 2.13. The number of halogens is 1. The molecule has 2 aromatic rings. The molecule has 5 nitrogen and oxygen atoms in total. The molecule has 1 aromatic carbocycles. The zero-order chi connectivity index (χ0) is 15.9. The molecule has 0 atom stereocenters. The molecule has 22 heavy (non-hydrogen) atoms. The van der Waals surface area contributed by atoms with Gasteiger partial charge in [0.2, 0.25) is 0 Å². The van der Waals surface area contributed by atoms with Crippen LogP contribution in [-0.2, 0) is 0 Å². The van der Waals surface area contributed by atoms with Gasteiger partial charge < -0.3 is 14.5 Å². The van der Waals surface area contributed by atoms with Gasteiger partial charge in [-0.2, -0.15) is 0 Å². The zero-order valence-corrected chi connectivity index (χ0v) is 14.3. The van der Waals surface area contributed by atoms with Gasteiger partial charge in [0.25, 0.3) is 5.91 Å². The second-order valence-corrected chi connectivity index (χ2v) is 5.57. The number of hydrogen-bond acceptors (Lipinski definition) is 4. The molecule has 1 amide bonds. The van der Waals surface area contributed by atoms with Crippen LogP contribution in [0.2, 0.25) is 0 Å². The first-order chi connectivity index (χ1) is 10.6. The number of benzene rings is 1. The Morgan fingerprint density at radius 3 is 2.59 bits per heavy atom. The lowest BCUT2D eigenvalue weighted by atomic mass is 10.3. The molecule has 1 aromatic heterocycles. The molecule has 0 radical (unpaired) electrons. The van der Waals surface area contributed by atoms with E-state index in [1.54, 1.807) is 12.1 Å². The maximum absolute atomic E-state index is 11.9. The highest BCUT2D eigenvalue weighted by molar-refractivity contribution is 9.10. The van der Waals surface area contributed by atoms with Gasteiger partial charge in [-0.15, -0.1) is 0 Å². The van der Waals surface area contributed by atoms with Crippen LogP contribution >= 0.6 is 28.1 Å². The van der Waals surface area contributed by atoms with Crippen molar-refractivity contribution in [3.63, 3.8) is 0 Å². The quantitative estimate of drug-likeness (QED) is 0.766. The lowest BCUT2D eigenvalue weighted by Gasteiger charge is -2.09. The molecule has 2 rings (SSSR count). The van der Waals surface area contributed by atoms with E-state index in [-0.39, 0.29) is 10.9 Å². The van der Waals surface area contributed by atoms with E-state index in [4.69, 9.17) is 21.4 Å². The molecule has 0 aliphatic rings. The van der Waals surface area contributed by atoms with Gasteiger partial charge in [0.1, 0.15) is 5.75 Å². The topological polar surface area (TPSA) is 63.5 Å². The number of carbonyl (C=O) groups excluding carboxylic acids is 1. The Bertz CT molecular complexity index is 655. The van der Waals surface area contributed by atoms with E-state index in [0.29, 0.717) is 11.3 Å². The minimum Gasteiger partial charge on any atom is -0.494 e. The van der Waals surface area contributed by atoms with Gasteiger partial charge >= 0.3 is 0 Å². The van der Waals surface area contributed by atoms with Crippen molar-refractivity contribution in [3.05, 3.63) is 46.8 Å². The predicted octanol–water partition coefficient (Wildman–Crippen LogP) is 3.96. The summed E-state index contributed by atoms with van der Waals surface area (Å²) in [5, 5.41) is 5.66. The van der Waals surface area contributed by atoms with Crippen LogP contribution in [0.15, 0.2) is 45.5 Å². The first kappa shape index (κ1) is 16.5. The molecule has 0 aliphatic carbocycles. The average molecular weight is 383 g/mol. The Morgan fingerprint density at radius 1 is 1.27 bits per heavy atom. The number of hydrogen-bond donors (Lipinski definition) is 2. The molecule has 2 N–H and O–H groups in total. The lowest BCUT2D eigenvalue weighted by molar-refractivity contribution is 0.0949. The number of ether oxygens (including phenoxy) is 1. The van der Waals surface area contributed by atoms with Crippen molar-refractivity contribution in [2.45, 2.75) is 13.3 Å². The Kier molecular flexibility index (Phi) is 5.97. The molecule has 0 saturated carbocycles. The second kappa shape index (κ2) is 7.95. The third-order valence-electron chi connectivity index (χ3n) is 2.61. The van der Waals surface area contributed by atoms with E-state index >= 15 is 0 Å². The normalized spacial score (nSPS) is 10.1. The Hall–Kier alpha value is -1.86. The summed E-state index contributed by atoms with van der Waals surface area (Å²) in [7, 11) is 0. The minimum absolute atomic E-state index is 0.180. The van der Waals surface area contributed by atoms with Crippen LogP contribution in [0.25, 0.3) is 0 Å². The summed E-state index contributed by atoms with van der Waals surface area (Å²) in [5.41, 5.74) is 0.759. The first-order valence-corrected chi connectivity index (χ1v) is 7.89. The van der Waals surface area contributed by atoms with Gasteiger partial charge in [0.05, 0.1) is 6.61 Å². The molecule has 0 aliphatic heterocycles. The Balaban J connectivity index is 1.87. The minimum atomic E-state index is -0.411. The number of anilines is 1. The van der Waals surface area contributed by atoms with Crippen LogP contribution in [0.3, 0.4) is 0 Å². The van der Waals surface area contributed by atoms with E-state index < -0.39 is 5.91 Å². The largest absolute Gasteiger partial charge is 0.494 e. The summed E-state index contributed by atoms with van der Waals surface area (Å²) in [4.78, 5) is 11.9. The molecule has 0 saturated heterocycles. The third kappa shape index (κ3) is 4.85. The Morgan fingerprint density at radius 2 is 2.00 bits per heavy atom. The van der Waals surface area contributed by atoms with E-state index in [0.717, 1.165) is 17.9 Å². The number of furan rings is 1. The number of nitrogens with one attached hydrogen (secondary N) is 2. The first-order valence-electron chi connectivity index (χ1n) is 6.69. The predicted molar refractivity (Wildman–Crippen MR) is 92.3 cm³/mol. The number of rotatable bonds is 5. The van der Waals surface area contributed by atoms with Crippen molar-refractivity contribution in [1.29, 1.82) is 0 Å². The molecule has 0 spiro atoms. The molecule has 7 heteroatoms. The highest BCUT2D eigenvalue weighted by atomic mass is 79.9. The van der Waals surface area contributed by atoms with E-state index in [2.05, 4.69) is 33.5 Å². The monoisotopic (exact) mass is 382 g/mol. The lowest BCUT2D eigenvalue weighted by Crippen LogP contribution is -2.33. The summed E-state index contributed by atoms with van der Waals surface area (Å²) in [5.74, 6) is 0.563.